The van der Waals surface area contributed by atoms with E-state index < -0.39 is 11.6 Å². The van der Waals surface area contributed by atoms with E-state index in [9.17, 15) is 9.59 Å². The fraction of sp³-hybridized carbons (Fsp3) is 0.346. The zero-order chi connectivity index (χ0) is 26.6. The summed E-state index contributed by atoms with van der Waals surface area (Å²) in [4.78, 5) is 30.9. The Morgan fingerprint density at radius 1 is 1.16 bits per heavy atom. The van der Waals surface area contributed by atoms with Crippen LogP contribution in [-0.2, 0) is 22.7 Å². The van der Waals surface area contributed by atoms with Crippen LogP contribution >= 0.6 is 11.3 Å². The lowest BCUT2D eigenvalue weighted by Gasteiger charge is -2.32. The third kappa shape index (κ3) is 6.62. The molecule has 2 amide bonds. The average Bonchev–Trinajstić information content (AvgIpc) is 3.61. The largest absolute Gasteiger partial charge is 0.497 e. The van der Waals surface area contributed by atoms with Crippen molar-refractivity contribution in [3.05, 3.63) is 70.3 Å². The predicted octanol–water partition coefficient (Wildman–Crippen LogP) is 4.00. The van der Waals surface area contributed by atoms with Crippen molar-refractivity contribution in [2.24, 2.45) is 0 Å². The summed E-state index contributed by atoms with van der Waals surface area (Å²) < 4.78 is 11.0. The maximum absolute atomic E-state index is 13.7. The van der Waals surface area contributed by atoms with E-state index in [1.807, 2.05) is 50.4 Å². The highest BCUT2D eigenvalue weighted by atomic mass is 32.1. The minimum absolute atomic E-state index is 0.201. The Labute approximate surface area is 219 Å². The van der Waals surface area contributed by atoms with Gasteiger partial charge < -0.3 is 19.4 Å². The Morgan fingerprint density at radius 3 is 2.51 bits per heavy atom. The van der Waals surface area contributed by atoms with Crippen LogP contribution in [0.1, 0.15) is 43.2 Å². The van der Waals surface area contributed by atoms with Gasteiger partial charge >= 0.3 is 0 Å². The fourth-order valence-electron chi connectivity index (χ4n) is 3.73. The van der Waals surface area contributed by atoms with Gasteiger partial charge in [-0.3, -0.25) is 9.59 Å². The molecule has 194 valence electrons. The van der Waals surface area contributed by atoms with Gasteiger partial charge in [-0.2, -0.15) is 4.80 Å². The maximum Gasteiger partial charge on any atom is 0.251 e. The standard InChI is InChI=1S/C26H30N6O4S/c1-17-8-13-21(36-17)23(25(34)27-26(2,3)4)31(15-20-7-6-14-37-20)22(33)16-32-29-24(28-30-32)18-9-11-19(35-5)12-10-18/h6-14,23H,15-16H2,1-5H3,(H,27,34). The number of ether oxygens (including phenoxy) is 1. The zero-order valence-corrected chi connectivity index (χ0v) is 22.3. The highest BCUT2D eigenvalue weighted by Crippen LogP contribution is 2.28. The molecule has 0 aliphatic rings. The minimum Gasteiger partial charge on any atom is -0.497 e. The van der Waals surface area contributed by atoms with E-state index >= 15 is 0 Å². The van der Waals surface area contributed by atoms with Crippen LogP contribution in [0.2, 0.25) is 0 Å². The SMILES string of the molecule is COc1ccc(-c2nnn(CC(=O)N(Cc3cccs3)C(C(=O)NC(C)(C)C)c3ccc(C)o3)n2)cc1. The van der Waals surface area contributed by atoms with E-state index in [-0.39, 0.29) is 24.9 Å². The molecular formula is C26H30N6O4S. The summed E-state index contributed by atoms with van der Waals surface area (Å²) in [6, 6.07) is 13.6. The van der Waals surface area contributed by atoms with Crippen LogP contribution in [-0.4, -0.2) is 49.6 Å². The average molecular weight is 523 g/mol. The first kappa shape index (κ1) is 26.1. The van der Waals surface area contributed by atoms with Crippen LogP contribution in [0.4, 0.5) is 0 Å². The first-order valence-electron chi connectivity index (χ1n) is 11.8. The summed E-state index contributed by atoms with van der Waals surface area (Å²) >= 11 is 1.51. The Hall–Kier alpha value is -3.99. The van der Waals surface area contributed by atoms with Gasteiger partial charge in [-0.25, -0.2) is 0 Å². The second-order valence-electron chi connectivity index (χ2n) is 9.56. The molecule has 0 aliphatic heterocycles. The van der Waals surface area contributed by atoms with E-state index in [4.69, 9.17) is 9.15 Å². The van der Waals surface area contributed by atoms with Crippen LogP contribution in [0.3, 0.4) is 0 Å². The molecule has 1 unspecified atom stereocenters. The molecular weight excluding hydrogens is 492 g/mol. The van der Waals surface area contributed by atoms with Gasteiger partial charge in [-0.1, -0.05) is 6.07 Å². The molecule has 0 spiro atoms. The number of carbonyl (C=O) groups is 2. The van der Waals surface area contributed by atoms with Crippen molar-refractivity contribution in [1.82, 2.24) is 30.4 Å². The van der Waals surface area contributed by atoms with Gasteiger partial charge in [0.05, 0.1) is 13.7 Å². The number of amides is 2. The number of carbonyl (C=O) groups excluding carboxylic acids is 2. The topological polar surface area (TPSA) is 115 Å². The number of aryl methyl sites for hydroxylation is 1. The van der Waals surface area contributed by atoms with Crippen molar-refractivity contribution in [3.8, 4) is 17.1 Å². The van der Waals surface area contributed by atoms with Gasteiger partial charge in [0.15, 0.2) is 6.04 Å². The van der Waals surface area contributed by atoms with Crippen molar-refractivity contribution in [1.29, 1.82) is 0 Å². The molecule has 11 heteroatoms. The molecule has 3 heterocycles. The number of nitrogens with one attached hydrogen (secondary N) is 1. The number of rotatable bonds is 9. The quantitative estimate of drug-likeness (QED) is 0.353. The Balaban J connectivity index is 1.63. The molecule has 1 atom stereocenters. The number of hydrogen-bond donors (Lipinski definition) is 1. The molecule has 4 rings (SSSR count). The van der Waals surface area contributed by atoms with Crippen LogP contribution in [0.25, 0.3) is 11.4 Å². The van der Waals surface area contributed by atoms with Gasteiger partial charge in [-0.15, -0.1) is 21.5 Å². The summed E-state index contributed by atoms with van der Waals surface area (Å²) in [6.07, 6.45) is 0. The molecule has 4 aromatic rings. The number of nitrogens with zero attached hydrogens (tertiary/aromatic N) is 5. The lowest BCUT2D eigenvalue weighted by atomic mass is 10.1. The highest BCUT2D eigenvalue weighted by Gasteiger charge is 2.36. The van der Waals surface area contributed by atoms with Gasteiger partial charge in [0.2, 0.25) is 11.7 Å². The zero-order valence-electron chi connectivity index (χ0n) is 21.5. The van der Waals surface area contributed by atoms with E-state index in [1.54, 1.807) is 38.3 Å². The van der Waals surface area contributed by atoms with Gasteiger partial charge in [0, 0.05) is 16.0 Å². The molecule has 1 N–H and O–H groups in total. The number of hydrogen-bond acceptors (Lipinski definition) is 8. The highest BCUT2D eigenvalue weighted by molar-refractivity contribution is 7.09. The summed E-state index contributed by atoms with van der Waals surface area (Å²) in [5.41, 5.74) is 0.235. The smallest absolute Gasteiger partial charge is 0.251 e. The molecule has 0 radical (unpaired) electrons. The van der Waals surface area contributed by atoms with Gasteiger partial charge in [-0.05, 0) is 80.8 Å². The van der Waals surface area contributed by atoms with E-state index in [0.717, 1.165) is 10.4 Å². The van der Waals surface area contributed by atoms with E-state index in [0.29, 0.717) is 23.1 Å². The predicted molar refractivity (Wildman–Crippen MR) is 139 cm³/mol. The molecule has 37 heavy (non-hydrogen) atoms. The van der Waals surface area contributed by atoms with Crippen molar-refractivity contribution >= 4 is 23.2 Å². The number of furan rings is 1. The number of methoxy groups -OCH3 is 1. The molecule has 0 aliphatic carbocycles. The third-order valence-corrected chi connectivity index (χ3v) is 6.25. The molecule has 0 saturated heterocycles. The lowest BCUT2D eigenvalue weighted by Crippen LogP contribution is -2.49. The van der Waals surface area contributed by atoms with Crippen LogP contribution in [0.15, 0.2) is 58.3 Å². The molecule has 1 aromatic carbocycles. The van der Waals surface area contributed by atoms with Crippen LogP contribution < -0.4 is 10.1 Å². The Morgan fingerprint density at radius 2 is 1.92 bits per heavy atom. The summed E-state index contributed by atoms with van der Waals surface area (Å²) in [5.74, 6) is 1.43. The summed E-state index contributed by atoms with van der Waals surface area (Å²) in [6.45, 7) is 7.49. The summed E-state index contributed by atoms with van der Waals surface area (Å²) in [7, 11) is 1.59. The normalized spacial score (nSPS) is 12.2. The van der Waals surface area contributed by atoms with Crippen LogP contribution in [0.5, 0.6) is 5.75 Å². The van der Waals surface area contributed by atoms with Crippen molar-refractivity contribution < 1.29 is 18.7 Å². The van der Waals surface area contributed by atoms with E-state index in [1.165, 1.54) is 21.0 Å². The van der Waals surface area contributed by atoms with Crippen LogP contribution in [0, 0.1) is 6.92 Å². The first-order valence-corrected chi connectivity index (χ1v) is 12.6. The number of thiophene rings is 1. The molecule has 10 nitrogen and oxygen atoms in total. The van der Waals surface area contributed by atoms with Gasteiger partial charge in [0.25, 0.3) is 5.91 Å². The Bertz CT molecular complexity index is 1340. The molecule has 0 saturated carbocycles. The minimum atomic E-state index is -0.980. The summed E-state index contributed by atoms with van der Waals surface area (Å²) in [5, 5.41) is 17.5. The first-order chi connectivity index (χ1) is 17.6. The van der Waals surface area contributed by atoms with Gasteiger partial charge in [0.1, 0.15) is 23.8 Å². The monoisotopic (exact) mass is 522 g/mol. The van der Waals surface area contributed by atoms with Crippen molar-refractivity contribution in [2.75, 3.05) is 7.11 Å². The second kappa shape index (κ2) is 11.0. The van der Waals surface area contributed by atoms with E-state index in [2.05, 4.69) is 20.7 Å². The number of benzene rings is 1. The maximum atomic E-state index is 13.7. The van der Waals surface area contributed by atoms with Crippen molar-refractivity contribution in [3.63, 3.8) is 0 Å². The number of aromatic nitrogens is 4. The fourth-order valence-corrected chi connectivity index (χ4v) is 4.44. The lowest BCUT2D eigenvalue weighted by molar-refractivity contribution is -0.143. The molecule has 0 bridgehead atoms. The third-order valence-electron chi connectivity index (χ3n) is 5.39. The molecule has 0 fully saturated rings. The number of tetrazole rings is 1. The second-order valence-corrected chi connectivity index (χ2v) is 10.6. The Kier molecular flexibility index (Phi) is 7.72. The van der Waals surface area contributed by atoms with Crippen molar-refractivity contribution in [2.45, 2.75) is 52.4 Å². The molecule has 3 aromatic heterocycles.